The van der Waals surface area contributed by atoms with Gasteiger partial charge in [-0.3, -0.25) is 9.48 Å². The lowest BCUT2D eigenvalue weighted by atomic mass is 9.93. The third kappa shape index (κ3) is 2.12. The molecule has 1 N–H and O–H groups in total. The van der Waals surface area contributed by atoms with Crippen molar-refractivity contribution in [3.63, 3.8) is 0 Å². The van der Waals surface area contributed by atoms with E-state index in [4.69, 9.17) is 5.10 Å². The number of carbonyl (C=O) groups excluding carboxylic acids is 1. The first kappa shape index (κ1) is 15.2. The lowest BCUT2D eigenvalue weighted by Gasteiger charge is -2.35. The van der Waals surface area contributed by atoms with Gasteiger partial charge in [0.05, 0.1) is 11.7 Å². The van der Waals surface area contributed by atoms with Crippen LogP contribution in [0.2, 0.25) is 0 Å². The standard InChI is InChI=1S/C18H23N5O/c1-9-8-13-15-14(11(3)23(5)21-15)10(2)22(4)16(13)17(19-9)20-18(24)12-6-7-12/h8,10,12H,6-7H2,1-5H3,(H,19,20,24). The summed E-state index contributed by atoms with van der Waals surface area (Å²) in [6.07, 6.45) is 1.96. The minimum atomic E-state index is 0.0827. The van der Waals surface area contributed by atoms with Gasteiger partial charge in [-0.1, -0.05) is 0 Å². The number of aromatic nitrogens is 3. The fourth-order valence-corrected chi connectivity index (χ4v) is 3.57. The van der Waals surface area contributed by atoms with Crippen LogP contribution in [0.1, 0.15) is 42.8 Å². The summed E-state index contributed by atoms with van der Waals surface area (Å²) in [5.41, 5.74) is 6.33. The normalized spacial score (nSPS) is 19.0. The second-order valence-electron chi connectivity index (χ2n) is 7.03. The minimum Gasteiger partial charge on any atom is -0.364 e. The topological polar surface area (TPSA) is 63.1 Å². The van der Waals surface area contributed by atoms with Crippen molar-refractivity contribution in [2.24, 2.45) is 13.0 Å². The van der Waals surface area contributed by atoms with E-state index in [1.54, 1.807) is 0 Å². The first-order valence-electron chi connectivity index (χ1n) is 8.47. The van der Waals surface area contributed by atoms with Crippen LogP contribution < -0.4 is 10.2 Å². The highest BCUT2D eigenvalue weighted by atomic mass is 16.2. The van der Waals surface area contributed by atoms with E-state index in [0.717, 1.165) is 35.5 Å². The number of nitrogens with zero attached hydrogens (tertiary/aromatic N) is 4. The zero-order valence-electron chi connectivity index (χ0n) is 14.8. The van der Waals surface area contributed by atoms with Gasteiger partial charge in [-0.05, 0) is 39.7 Å². The van der Waals surface area contributed by atoms with Gasteiger partial charge in [-0.15, -0.1) is 0 Å². The molecule has 0 radical (unpaired) electrons. The molecule has 24 heavy (non-hydrogen) atoms. The van der Waals surface area contributed by atoms with Crippen molar-refractivity contribution in [3.8, 4) is 11.3 Å². The van der Waals surface area contributed by atoms with Crippen molar-refractivity contribution in [3.05, 3.63) is 23.0 Å². The van der Waals surface area contributed by atoms with Gasteiger partial charge in [-0.25, -0.2) is 4.98 Å². The zero-order chi connectivity index (χ0) is 17.2. The van der Waals surface area contributed by atoms with Crippen LogP contribution in [0.4, 0.5) is 11.5 Å². The monoisotopic (exact) mass is 325 g/mol. The van der Waals surface area contributed by atoms with Gasteiger partial charge in [0, 0.05) is 42.5 Å². The Morgan fingerprint density at radius 3 is 2.67 bits per heavy atom. The fraction of sp³-hybridized carbons (Fsp3) is 0.500. The van der Waals surface area contributed by atoms with Crippen molar-refractivity contribution in [1.82, 2.24) is 14.8 Å². The number of hydrogen-bond donors (Lipinski definition) is 1. The van der Waals surface area contributed by atoms with Crippen molar-refractivity contribution >= 4 is 17.4 Å². The Morgan fingerprint density at radius 2 is 2.00 bits per heavy atom. The van der Waals surface area contributed by atoms with Gasteiger partial charge < -0.3 is 10.2 Å². The molecule has 2 aliphatic rings. The number of anilines is 2. The van der Waals surface area contributed by atoms with Gasteiger partial charge in [0.25, 0.3) is 0 Å². The minimum absolute atomic E-state index is 0.0827. The Labute approximate surface area is 141 Å². The van der Waals surface area contributed by atoms with Gasteiger partial charge in [-0.2, -0.15) is 5.10 Å². The Hall–Kier alpha value is -2.37. The molecular formula is C18H23N5O. The maximum Gasteiger partial charge on any atom is 0.228 e. The molecule has 6 heteroatoms. The molecule has 0 spiro atoms. The number of rotatable bonds is 2. The van der Waals surface area contributed by atoms with Crippen LogP contribution in [0.15, 0.2) is 6.07 Å². The average molecular weight is 325 g/mol. The van der Waals surface area contributed by atoms with Crippen LogP contribution in [0.5, 0.6) is 0 Å². The lowest BCUT2D eigenvalue weighted by Crippen LogP contribution is -2.29. The number of amides is 1. The maximum absolute atomic E-state index is 12.3. The zero-order valence-corrected chi connectivity index (χ0v) is 14.8. The molecule has 1 amide bonds. The first-order chi connectivity index (χ1) is 11.4. The van der Waals surface area contributed by atoms with Gasteiger partial charge in [0.2, 0.25) is 5.91 Å². The van der Waals surface area contributed by atoms with E-state index < -0.39 is 0 Å². The molecule has 4 rings (SSSR count). The molecule has 1 saturated carbocycles. The summed E-state index contributed by atoms with van der Waals surface area (Å²) in [5, 5.41) is 7.79. The Bertz CT molecular complexity index is 850. The highest BCUT2D eigenvalue weighted by molar-refractivity contribution is 5.99. The predicted octanol–water partition coefficient (Wildman–Crippen LogP) is 2.96. The molecule has 0 bridgehead atoms. The highest BCUT2D eigenvalue weighted by Crippen LogP contribution is 2.47. The smallest absolute Gasteiger partial charge is 0.228 e. The number of pyridine rings is 1. The summed E-state index contributed by atoms with van der Waals surface area (Å²) in [7, 11) is 4.03. The van der Waals surface area contributed by atoms with Gasteiger partial charge in [0.1, 0.15) is 5.69 Å². The number of hydrogen-bond acceptors (Lipinski definition) is 4. The molecule has 2 aromatic heterocycles. The number of carbonyl (C=O) groups is 1. The molecule has 126 valence electrons. The molecule has 1 atom stereocenters. The van der Waals surface area contributed by atoms with Crippen molar-refractivity contribution in [1.29, 1.82) is 0 Å². The number of fused-ring (bicyclic) bond motifs is 3. The van der Waals surface area contributed by atoms with Crippen molar-refractivity contribution in [2.45, 2.75) is 39.7 Å². The highest BCUT2D eigenvalue weighted by Gasteiger charge is 2.35. The van der Waals surface area contributed by atoms with E-state index in [1.807, 2.05) is 18.7 Å². The number of nitrogens with one attached hydrogen (secondary N) is 1. The van der Waals surface area contributed by atoms with E-state index >= 15 is 0 Å². The van der Waals surface area contributed by atoms with Crippen LogP contribution in [-0.2, 0) is 11.8 Å². The Morgan fingerprint density at radius 1 is 1.29 bits per heavy atom. The van der Waals surface area contributed by atoms with Crippen LogP contribution in [0, 0.1) is 19.8 Å². The molecule has 1 fully saturated rings. The van der Waals surface area contributed by atoms with Crippen LogP contribution in [0.3, 0.4) is 0 Å². The second kappa shape index (κ2) is 5.06. The lowest BCUT2D eigenvalue weighted by molar-refractivity contribution is -0.117. The number of aryl methyl sites for hydroxylation is 2. The van der Waals surface area contributed by atoms with E-state index in [0.29, 0.717) is 5.82 Å². The summed E-state index contributed by atoms with van der Waals surface area (Å²) < 4.78 is 1.93. The average Bonchev–Trinajstić information content (AvgIpc) is 3.32. The quantitative estimate of drug-likeness (QED) is 0.922. The van der Waals surface area contributed by atoms with Crippen LogP contribution >= 0.6 is 0 Å². The van der Waals surface area contributed by atoms with E-state index in [9.17, 15) is 4.79 Å². The molecule has 1 aliphatic heterocycles. The van der Waals surface area contributed by atoms with Crippen molar-refractivity contribution in [2.75, 3.05) is 17.3 Å². The molecule has 3 heterocycles. The second-order valence-corrected chi connectivity index (χ2v) is 7.03. The largest absolute Gasteiger partial charge is 0.364 e. The third-order valence-electron chi connectivity index (χ3n) is 5.30. The summed E-state index contributed by atoms with van der Waals surface area (Å²) in [4.78, 5) is 19.1. The molecule has 6 nitrogen and oxygen atoms in total. The molecule has 1 aliphatic carbocycles. The van der Waals surface area contributed by atoms with E-state index in [-0.39, 0.29) is 17.9 Å². The summed E-state index contributed by atoms with van der Waals surface area (Å²) in [6, 6.07) is 2.25. The Balaban J connectivity index is 1.90. The van der Waals surface area contributed by atoms with Crippen LogP contribution in [0.25, 0.3) is 11.3 Å². The molecule has 0 aromatic carbocycles. The maximum atomic E-state index is 12.3. The van der Waals surface area contributed by atoms with Crippen LogP contribution in [-0.4, -0.2) is 27.7 Å². The van der Waals surface area contributed by atoms with Crippen molar-refractivity contribution < 1.29 is 4.79 Å². The Kier molecular flexibility index (Phi) is 3.20. The molecule has 1 unspecified atom stereocenters. The SMILES string of the molecule is Cc1cc2c(c(NC(=O)C3CC3)n1)N(C)C(C)c1c-2nn(C)c1C. The third-order valence-corrected chi connectivity index (χ3v) is 5.30. The van der Waals surface area contributed by atoms with E-state index in [1.165, 1.54) is 11.3 Å². The summed E-state index contributed by atoms with van der Waals surface area (Å²) in [6.45, 7) is 6.23. The molecule has 2 aromatic rings. The molecule has 0 saturated heterocycles. The predicted molar refractivity (Wildman–Crippen MR) is 94.1 cm³/mol. The van der Waals surface area contributed by atoms with Gasteiger partial charge >= 0.3 is 0 Å². The first-order valence-corrected chi connectivity index (χ1v) is 8.47. The summed E-state index contributed by atoms with van der Waals surface area (Å²) in [5.74, 6) is 0.895. The van der Waals surface area contributed by atoms with E-state index in [2.05, 4.69) is 42.2 Å². The summed E-state index contributed by atoms with van der Waals surface area (Å²) >= 11 is 0. The van der Waals surface area contributed by atoms with Gasteiger partial charge in [0.15, 0.2) is 5.82 Å². The molecular weight excluding hydrogens is 302 g/mol. The fourth-order valence-electron chi connectivity index (χ4n) is 3.57.